The molecule has 2 heterocycles. The number of aliphatic hydroxyl groups excluding tert-OH is 1. The minimum absolute atomic E-state index is 0.0291. The predicted octanol–water partition coefficient (Wildman–Crippen LogP) is 3.80. The van der Waals surface area contributed by atoms with Crippen molar-refractivity contribution in [3.63, 3.8) is 0 Å². The Kier molecular flexibility index (Phi) is 4.71. The number of para-hydroxylation sites is 1. The average molecular weight is 410 g/mol. The van der Waals surface area contributed by atoms with Gasteiger partial charge in [0, 0.05) is 0 Å². The van der Waals surface area contributed by atoms with Crippen molar-refractivity contribution in [3.05, 3.63) is 59.4 Å². The van der Waals surface area contributed by atoms with E-state index in [0.717, 1.165) is 10.2 Å². The van der Waals surface area contributed by atoms with Crippen molar-refractivity contribution in [2.45, 2.75) is 13.0 Å². The van der Waals surface area contributed by atoms with E-state index in [2.05, 4.69) is 4.98 Å². The molecule has 0 fully saturated rings. The van der Waals surface area contributed by atoms with Gasteiger partial charge in [-0.25, -0.2) is 4.98 Å². The van der Waals surface area contributed by atoms with Crippen molar-refractivity contribution in [1.29, 1.82) is 0 Å². The van der Waals surface area contributed by atoms with Gasteiger partial charge in [-0.1, -0.05) is 29.5 Å². The van der Waals surface area contributed by atoms with Gasteiger partial charge in [0.05, 0.1) is 36.1 Å². The lowest BCUT2D eigenvalue weighted by Gasteiger charge is -2.24. The highest BCUT2D eigenvalue weighted by Crippen LogP contribution is 2.44. The average Bonchev–Trinajstić information content (AvgIpc) is 3.26. The number of nitrogens with zero attached hydrogens (tertiary/aromatic N) is 2. The predicted molar refractivity (Wildman–Crippen MR) is 110 cm³/mol. The van der Waals surface area contributed by atoms with Crippen molar-refractivity contribution in [1.82, 2.24) is 4.98 Å². The molecular weight excluding hydrogens is 392 g/mol. The van der Waals surface area contributed by atoms with Crippen molar-refractivity contribution >= 4 is 38.4 Å². The van der Waals surface area contributed by atoms with Crippen molar-refractivity contribution in [2.24, 2.45) is 0 Å². The first kappa shape index (κ1) is 18.9. The summed E-state index contributed by atoms with van der Waals surface area (Å²) in [6, 6.07) is 11.8. The number of carbonyl (C=O) groups is 2. The topological polar surface area (TPSA) is 89.0 Å². The molecule has 1 aliphatic rings. The van der Waals surface area contributed by atoms with E-state index in [1.165, 1.54) is 37.4 Å². The Bertz CT molecular complexity index is 1130. The summed E-state index contributed by atoms with van der Waals surface area (Å²) in [5, 5.41) is 10.9. The van der Waals surface area contributed by atoms with Crippen molar-refractivity contribution in [2.75, 3.05) is 19.1 Å². The van der Waals surface area contributed by atoms with Gasteiger partial charge in [-0.15, -0.1) is 0 Å². The van der Waals surface area contributed by atoms with Crippen LogP contribution < -0.4 is 14.4 Å². The molecule has 1 N–H and O–H groups in total. The molecule has 0 unspecified atom stereocenters. The largest absolute Gasteiger partial charge is 0.503 e. The molecule has 1 amide bonds. The second-order valence-corrected chi connectivity index (χ2v) is 7.48. The molecule has 0 radical (unpaired) electrons. The number of methoxy groups -OCH3 is 2. The number of hydrogen-bond acceptors (Lipinski definition) is 7. The zero-order valence-corrected chi connectivity index (χ0v) is 16.8. The lowest BCUT2D eigenvalue weighted by Crippen LogP contribution is -2.30. The fourth-order valence-electron chi connectivity index (χ4n) is 3.46. The molecule has 148 valence electrons. The van der Waals surface area contributed by atoms with Crippen LogP contribution >= 0.6 is 11.3 Å². The fourth-order valence-corrected chi connectivity index (χ4v) is 4.46. The minimum atomic E-state index is -0.819. The molecule has 7 nitrogen and oxygen atoms in total. The quantitative estimate of drug-likeness (QED) is 0.688. The number of ether oxygens (including phenoxy) is 2. The fraction of sp³-hybridized carbons (Fsp3) is 0.190. The number of Topliss-reactive ketones (excluding diaryl/α,β-unsaturated/α-hetero) is 1. The van der Waals surface area contributed by atoms with Gasteiger partial charge >= 0.3 is 0 Å². The Morgan fingerprint density at radius 2 is 1.86 bits per heavy atom. The van der Waals surface area contributed by atoms with Crippen LogP contribution in [0.2, 0.25) is 0 Å². The number of aromatic nitrogens is 1. The summed E-state index contributed by atoms with van der Waals surface area (Å²) in [5.74, 6) is -0.634. The number of rotatable bonds is 5. The van der Waals surface area contributed by atoms with E-state index in [4.69, 9.17) is 9.47 Å². The van der Waals surface area contributed by atoms with Gasteiger partial charge in [-0.05, 0) is 36.8 Å². The normalized spacial score (nSPS) is 16.6. The summed E-state index contributed by atoms with van der Waals surface area (Å²) in [5.41, 5.74) is 1.37. The molecule has 1 atom stereocenters. The highest BCUT2D eigenvalue weighted by atomic mass is 32.1. The maximum atomic E-state index is 12.9. The lowest BCUT2D eigenvalue weighted by atomic mass is 9.96. The lowest BCUT2D eigenvalue weighted by molar-refractivity contribution is -0.117. The molecule has 0 saturated heterocycles. The maximum Gasteiger partial charge on any atom is 0.296 e. The summed E-state index contributed by atoms with van der Waals surface area (Å²) in [7, 11) is 3.03. The van der Waals surface area contributed by atoms with Gasteiger partial charge in [-0.2, -0.15) is 0 Å². The van der Waals surface area contributed by atoms with E-state index >= 15 is 0 Å². The highest BCUT2D eigenvalue weighted by Gasteiger charge is 2.44. The third-order valence-electron chi connectivity index (χ3n) is 4.80. The summed E-state index contributed by atoms with van der Waals surface area (Å²) in [4.78, 5) is 31.2. The Balaban J connectivity index is 1.90. The molecule has 8 heteroatoms. The summed E-state index contributed by atoms with van der Waals surface area (Å²) >= 11 is 1.32. The molecule has 0 bridgehead atoms. The molecule has 4 rings (SSSR count). The molecule has 0 saturated carbocycles. The number of carbonyl (C=O) groups excluding carboxylic acids is 2. The van der Waals surface area contributed by atoms with Gasteiger partial charge in [0.25, 0.3) is 5.91 Å². The Labute approximate surface area is 170 Å². The van der Waals surface area contributed by atoms with E-state index < -0.39 is 17.7 Å². The molecule has 2 aromatic carbocycles. The van der Waals surface area contributed by atoms with E-state index in [9.17, 15) is 14.7 Å². The Hall–Kier alpha value is -3.39. The Morgan fingerprint density at radius 3 is 2.52 bits per heavy atom. The number of amides is 1. The van der Waals surface area contributed by atoms with Crippen molar-refractivity contribution < 1.29 is 24.2 Å². The molecular formula is C21H18N2O5S. The molecule has 1 aliphatic heterocycles. The first-order valence-electron chi connectivity index (χ1n) is 8.81. The molecule has 3 aromatic rings. The smallest absolute Gasteiger partial charge is 0.296 e. The number of anilines is 1. The first-order valence-corrected chi connectivity index (χ1v) is 9.63. The maximum absolute atomic E-state index is 12.9. The van der Waals surface area contributed by atoms with Crippen LogP contribution in [0.25, 0.3) is 10.2 Å². The van der Waals surface area contributed by atoms with E-state index in [1.54, 1.807) is 18.2 Å². The first-order chi connectivity index (χ1) is 14.0. The number of ketones is 1. The molecule has 1 aromatic heterocycles. The second-order valence-electron chi connectivity index (χ2n) is 6.47. The van der Waals surface area contributed by atoms with E-state index in [-0.39, 0.29) is 11.4 Å². The Morgan fingerprint density at radius 1 is 1.14 bits per heavy atom. The zero-order valence-electron chi connectivity index (χ0n) is 16.0. The molecule has 0 aliphatic carbocycles. The standard InChI is InChI=1S/C21H18N2O5S/c1-11(24)17-18(12-8-9-14(27-2)15(10-12)28-3)23(20(26)19(17)25)21-22-13-6-4-5-7-16(13)29-21/h4-10,18,25H,1-3H3/t18-/m1/s1. The SMILES string of the molecule is COc1ccc([C@@H]2C(C(C)=O)=C(O)C(=O)N2c2nc3ccccc3s2)cc1OC. The van der Waals surface area contributed by atoms with Gasteiger partial charge in [0.1, 0.15) is 0 Å². The summed E-state index contributed by atoms with van der Waals surface area (Å²) in [6.07, 6.45) is 0. The van der Waals surface area contributed by atoms with Gasteiger partial charge in [0.2, 0.25) is 0 Å². The summed E-state index contributed by atoms with van der Waals surface area (Å²) < 4.78 is 11.5. The monoisotopic (exact) mass is 410 g/mol. The second kappa shape index (κ2) is 7.21. The number of hydrogen-bond donors (Lipinski definition) is 1. The van der Waals surface area contributed by atoms with Crippen LogP contribution in [0.4, 0.5) is 5.13 Å². The molecule has 29 heavy (non-hydrogen) atoms. The number of thiazole rings is 1. The van der Waals surface area contributed by atoms with Crippen molar-refractivity contribution in [3.8, 4) is 11.5 Å². The van der Waals surface area contributed by atoms with Gasteiger partial charge in [-0.3, -0.25) is 14.5 Å². The number of aliphatic hydroxyl groups is 1. The zero-order chi connectivity index (χ0) is 20.7. The van der Waals surface area contributed by atoms with Crippen LogP contribution in [-0.4, -0.2) is 36.0 Å². The number of benzene rings is 2. The summed E-state index contributed by atoms with van der Waals surface area (Å²) in [6.45, 7) is 1.33. The van der Waals surface area contributed by atoms with Gasteiger partial charge in [0.15, 0.2) is 28.2 Å². The van der Waals surface area contributed by atoms with Crippen LogP contribution in [-0.2, 0) is 9.59 Å². The highest BCUT2D eigenvalue weighted by molar-refractivity contribution is 7.22. The molecule has 0 spiro atoms. The van der Waals surface area contributed by atoms with Crippen LogP contribution in [0.3, 0.4) is 0 Å². The van der Waals surface area contributed by atoms with E-state index in [1.807, 2.05) is 24.3 Å². The third kappa shape index (κ3) is 3.01. The van der Waals surface area contributed by atoms with Crippen LogP contribution in [0.5, 0.6) is 11.5 Å². The van der Waals surface area contributed by atoms with E-state index in [0.29, 0.717) is 22.2 Å². The minimum Gasteiger partial charge on any atom is -0.503 e. The van der Waals surface area contributed by atoms with Crippen LogP contribution in [0, 0.1) is 0 Å². The number of fused-ring (bicyclic) bond motifs is 1. The third-order valence-corrected chi connectivity index (χ3v) is 5.84. The van der Waals surface area contributed by atoms with Gasteiger partial charge < -0.3 is 14.6 Å². The van der Waals surface area contributed by atoms with Crippen LogP contribution in [0.15, 0.2) is 53.8 Å². The van der Waals surface area contributed by atoms with Crippen LogP contribution in [0.1, 0.15) is 18.5 Å².